The Morgan fingerprint density at radius 3 is 2.92 bits per heavy atom. The van der Waals surface area contributed by atoms with Gasteiger partial charge < -0.3 is 9.30 Å². The van der Waals surface area contributed by atoms with E-state index in [-0.39, 0.29) is 0 Å². The molecule has 3 aromatic rings. The number of hydrogen-bond donors (Lipinski definition) is 0. The van der Waals surface area contributed by atoms with Crippen molar-refractivity contribution in [3.05, 3.63) is 59.9 Å². The highest BCUT2D eigenvalue weighted by molar-refractivity contribution is 5.77. The van der Waals surface area contributed by atoms with E-state index in [1.54, 1.807) is 7.11 Å². The number of ether oxygens (including phenoxy) is 1. The van der Waals surface area contributed by atoms with Crippen LogP contribution in [0.15, 0.2) is 48.7 Å². The molecule has 0 N–H and O–H groups in total. The Morgan fingerprint density at radius 1 is 1.21 bits per heavy atom. The maximum atomic E-state index is 5.38. The minimum Gasteiger partial charge on any atom is -0.497 e. The molecule has 0 radical (unpaired) electrons. The van der Waals surface area contributed by atoms with Gasteiger partial charge in [0.25, 0.3) is 0 Å². The fourth-order valence-corrected chi connectivity index (χ4v) is 3.79. The lowest BCUT2D eigenvalue weighted by Crippen LogP contribution is -2.20. The number of nitrogens with zero attached hydrogens (tertiary/aromatic N) is 3. The standard InChI is InChI=1S/C20H23N3O/c1-22-11-5-9-18(22)19-13-16-7-4-10-21-20(16)23(19)14-15-6-3-8-17(12-15)24-2/h3-4,6-8,10,12-13,18H,5,9,11,14H2,1-2H3. The fourth-order valence-electron chi connectivity index (χ4n) is 3.79. The summed E-state index contributed by atoms with van der Waals surface area (Å²) in [7, 11) is 3.93. The summed E-state index contributed by atoms with van der Waals surface area (Å²) in [6.07, 6.45) is 4.35. The van der Waals surface area contributed by atoms with Gasteiger partial charge in [-0.15, -0.1) is 0 Å². The lowest BCUT2D eigenvalue weighted by Gasteiger charge is -2.22. The van der Waals surface area contributed by atoms with Crippen molar-refractivity contribution in [2.75, 3.05) is 20.7 Å². The van der Waals surface area contributed by atoms with E-state index in [0.717, 1.165) is 17.9 Å². The molecule has 1 aliphatic rings. The topological polar surface area (TPSA) is 30.3 Å². The first-order valence-corrected chi connectivity index (χ1v) is 8.53. The Balaban J connectivity index is 1.80. The van der Waals surface area contributed by atoms with Crippen molar-refractivity contribution >= 4 is 11.0 Å². The Morgan fingerprint density at radius 2 is 2.12 bits per heavy atom. The van der Waals surface area contributed by atoms with Crippen LogP contribution in [0.25, 0.3) is 11.0 Å². The average Bonchev–Trinajstić information content (AvgIpc) is 3.19. The van der Waals surface area contributed by atoms with Crippen LogP contribution in [0, 0.1) is 0 Å². The SMILES string of the molecule is COc1cccc(Cn2c(C3CCCN3C)cc3cccnc32)c1. The summed E-state index contributed by atoms with van der Waals surface area (Å²) in [5, 5.41) is 1.22. The molecule has 124 valence electrons. The summed E-state index contributed by atoms with van der Waals surface area (Å²) in [4.78, 5) is 7.10. The number of likely N-dealkylation sites (tertiary alicyclic amines) is 1. The third-order valence-electron chi connectivity index (χ3n) is 5.02. The van der Waals surface area contributed by atoms with E-state index in [1.165, 1.54) is 36.0 Å². The Kier molecular flexibility index (Phi) is 3.98. The van der Waals surface area contributed by atoms with Crippen LogP contribution >= 0.6 is 0 Å². The van der Waals surface area contributed by atoms with Gasteiger partial charge in [0.1, 0.15) is 11.4 Å². The monoisotopic (exact) mass is 321 g/mol. The van der Waals surface area contributed by atoms with Gasteiger partial charge in [-0.3, -0.25) is 4.90 Å². The maximum Gasteiger partial charge on any atom is 0.140 e. The molecule has 1 aliphatic heterocycles. The number of rotatable bonds is 4. The van der Waals surface area contributed by atoms with Crippen LogP contribution in [0.1, 0.15) is 30.1 Å². The normalized spacial score (nSPS) is 18.3. The Hall–Kier alpha value is -2.33. The molecular weight excluding hydrogens is 298 g/mol. The van der Waals surface area contributed by atoms with Gasteiger partial charge in [-0.1, -0.05) is 12.1 Å². The second kappa shape index (κ2) is 6.29. The van der Waals surface area contributed by atoms with Crippen molar-refractivity contribution in [1.82, 2.24) is 14.5 Å². The van der Waals surface area contributed by atoms with Crippen LogP contribution in [0.5, 0.6) is 5.75 Å². The lowest BCUT2D eigenvalue weighted by molar-refractivity contribution is 0.306. The lowest BCUT2D eigenvalue weighted by atomic mass is 10.1. The number of hydrogen-bond acceptors (Lipinski definition) is 3. The smallest absolute Gasteiger partial charge is 0.140 e. The molecule has 1 aromatic carbocycles. The van der Waals surface area contributed by atoms with E-state index < -0.39 is 0 Å². The molecule has 1 unspecified atom stereocenters. The van der Waals surface area contributed by atoms with Gasteiger partial charge in [0, 0.05) is 29.9 Å². The fraction of sp³-hybridized carbons (Fsp3) is 0.350. The van der Waals surface area contributed by atoms with E-state index in [2.05, 4.69) is 51.8 Å². The second-order valence-corrected chi connectivity index (χ2v) is 6.56. The molecule has 3 heterocycles. The van der Waals surface area contributed by atoms with Crippen LogP contribution < -0.4 is 4.74 Å². The van der Waals surface area contributed by atoms with E-state index in [1.807, 2.05) is 18.3 Å². The highest BCUT2D eigenvalue weighted by atomic mass is 16.5. The molecule has 4 heteroatoms. The number of methoxy groups -OCH3 is 1. The van der Waals surface area contributed by atoms with E-state index in [4.69, 9.17) is 4.74 Å². The zero-order valence-corrected chi connectivity index (χ0v) is 14.3. The second-order valence-electron chi connectivity index (χ2n) is 6.56. The predicted octanol–water partition coefficient (Wildman–Crippen LogP) is 3.86. The molecule has 0 aliphatic carbocycles. The maximum absolute atomic E-state index is 5.38. The van der Waals surface area contributed by atoms with Gasteiger partial charge in [-0.2, -0.15) is 0 Å². The van der Waals surface area contributed by atoms with Crippen LogP contribution in [0.4, 0.5) is 0 Å². The van der Waals surface area contributed by atoms with Crippen LogP contribution in [0.3, 0.4) is 0 Å². The number of benzene rings is 1. The first-order valence-electron chi connectivity index (χ1n) is 8.53. The number of aromatic nitrogens is 2. The largest absolute Gasteiger partial charge is 0.497 e. The quantitative estimate of drug-likeness (QED) is 0.731. The molecular formula is C20H23N3O. The van der Waals surface area contributed by atoms with Crippen LogP contribution in [-0.2, 0) is 6.54 Å². The molecule has 1 fully saturated rings. The summed E-state index contributed by atoms with van der Waals surface area (Å²) in [6, 6.07) is 15.3. The van der Waals surface area contributed by atoms with Crippen molar-refractivity contribution in [3.63, 3.8) is 0 Å². The third-order valence-corrected chi connectivity index (χ3v) is 5.02. The van der Waals surface area contributed by atoms with Gasteiger partial charge in [0.05, 0.1) is 7.11 Å². The molecule has 1 saturated heterocycles. The van der Waals surface area contributed by atoms with Crippen LogP contribution in [-0.4, -0.2) is 35.2 Å². The van der Waals surface area contributed by atoms with Crippen molar-refractivity contribution in [2.45, 2.75) is 25.4 Å². The summed E-state index contributed by atoms with van der Waals surface area (Å²) >= 11 is 0. The average molecular weight is 321 g/mol. The molecule has 4 rings (SSSR count). The first-order chi connectivity index (χ1) is 11.8. The van der Waals surface area contributed by atoms with Crippen LogP contribution in [0.2, 0.25) is 0 Å². The van der Waals surface area contributed by atoms with Gasteiger partial charge >= 0.3 is 0 Å². The minimum absolute atomic E-state index is 0.477. The molecule has 1 atom stereocenters. The number of pyridine rings is 1. The summed E-state index contributed by atoms with van der Waals surface area (Å²) in [5.74, 6) is 0.899. The van der Waals surface area contributed by atoms with E-state index >= 15 is 0 Å². The zero-order valence-electron chi connectivity index (χ0n) is 14.3. The summed E-state index contributed by atoms with van der Waals surface area (Å²) < 4.78 is 7.75. The van der Waals surface area contributed by atoms with Crippen molar-refractivity contribution in [3.8, 4) is 5.75 Å². The molecule has 0 saturated carbocycles. The molecule has 0 bridgehead atoms. The molecule has 0 spiro atoms. The molecule has 0 amide bonds. The molecule has 2 aromatic heterocycles. The Labute approximate surface area is 142 Å². The highest BCUT2D eigenvalue weighted by Crippen LogP contribution is 2.34. The van der Waals surface area contributed by atoms with Crippen molar-refractivity contribution in [2.24, 2.45) is 0 Å². The molecule has 4 nitrogen and oxygen atoms in total. The van der Waals surface area contributed by atoms with E-state index in [9.17, 15) is 0 Å². The highest BCUT2D eigenvalue weighted by Gasteiger charge is 2.26. The van der Waals surface area contributed by atoms with Crippen molar-refractivity contribution < 1.29 is 4.74 Å². The summed E-state index contributed by atoms with van der Waals surface area (Å²) in [6.45, 7) is 1.98. The molecule has 24 heavy (non-hydrogen) atoms. The minimum atomic E-state index is 0.477. The number of fused-ring (bicyclic) bond motifs is 1. The Bertz CT molecular complexity index is 855. The summed E-state index contributed by atoms with van der Waals surface area (Å²) in [5.41, 5.74) is 3.67. The zero-order chi connectivity index (χ0) is 16.5. The van der Waals surface area contributed by atoms with Gasteiger partial charge in [0.2, 0.25) is 0 Å². The van der Waals surface area contributed by atoms with Gasteiger partial charge in [-0.05, 0) is 62.3 Å². The van der Waals surface area contributed by atoms with Gasteiger partial charge in [0.15, 0.2) is 0 Å². The predicted molar refractivity (Wildman–Crippen MR) is 96.4 cm³/mol. The van der Waals surface area contributed by atoms with Gasteiger partial charge in [-0.25, -0.2) is 4.98 Å². The van der Waals surface area contributed by atoms with E-state index in [0.29, 0.717) is 6.04 Å². The van der Waals surface area contributed by atoms with Crippen molar-refractivity contribution in [1.29, 1.82) is 0 Å². The first kappa shape index (κ1) is 15.2. The third kappa shape index (κ3) is 2.67.